The summed E-state index contributed by atoms with van der Waals surface area (Å²) in [6.07, 6.45) is 4.84. The SMILES string of the molecule is CN=C(NCCCCN(C)c1ccccc1)N1CCCC(CC(N)=O)C1.I. The van der Waals surface area contributed by atoms with Crippen molar-refractivity contribution in [2.45, 2.75) is 32.1 Å². The van der Waals surface area contributed by atoms with Gasteiger partial charge in [-0.2, -0.15) is 0 Å². The molecule has 1 aliphatic rings. The second-order valence-electron chi connectivity index (χ2n) is 7.06. The summed E-state index contributed by atoms with van der Waals surface area (Å²) in [4.78, 5) is 20.1. The summed E-state index contributed by atoms with van der Waals surface area (Å²) in [5.74, 6) is 1.08. The summed E-state index contributed by atoms with van der Waals surface area (Å²) in [6, 6.07) is 10.5. The lowest BCUT2D eigenvalue weighted by Crippen LogP contribution is -2.47. The van der Waals surface area contributed by atoms with Crippen LogP contribution in [0.2, 0.25) is 0 Å². The van der Waals surface area contributed by atoms with Gasteiger partial charge in [0.25, 0.3) is 0 Å². The third-order valence-corrected chi connectivity index (χ3v) is 4.92. The van der Waals surface area contributed by atoms with Gasteiger partial charge in [-0.25, -0.2) is 0 Å². The fourth-order valence-corrected chi connectivity index (χ4v) is 3.53. The van der Waals surface area contributed by atoms with Crippen LogP contribution >= 0.6 is 24.0 Å². The predicted molar refractivity (Wildman–Crippen MR) is 124 cm³/mol. The van der Waals surface area contributed by atoms with E-state index >= 15 is 0 Å². The van der Waals surface area contributed by atoms with E-state index in [4.69, 9.17) is 5.73 Å². The smallest absolute Gasteiger partial charge is 0.217 e. The van der Waals surface area contributed by atoms with Crippen molar-refractivity contribution >= 4 is 41.5 Å². The van der Waals surface area contributed by atoms with Crippen LogP contribution < -0.4 is 16.0 Å². The molecule has 1 saturated heterocycles. The molecule has 0 aliphatic carbocycles. The minimum atomic E-state index is -0.206. The Morgan fingerprint density at radius 2 is 2.07 bits per heavy atom. The number of unbranched alkanes of at least 4 members (excludes halogenated alkanes) is 1. The Morgan fingerprint density at radius 1 is 1.33 bits per heavy atom. The number of nitrogens with zero attached hydrogens (tertiary/aromatic N) is 3. The van der Waals surface area contributed by atoms with E-state index in [0.29, 0.717) is 12.3 Å². The molecule has 1 aromatic carbocycles. The standard InChI is InChI=1S/C20H33N5O.HI/c1-22-20(25-14-8-9-17(16-25)15-19(21)26)23-12-6-7-13-24(2)18-10-4-3-5-11-18;/h3-5,10-11,17H,6-9,12-16H2,1-2H3,(H2,21,26)(H,22,23);1H. The van der Waals surface area contributed by atoms with Crippen LogP contribution in [-0.2, 0) is 4.79 Å². The number of primary amides is 1. The summed E-state index contributed by atoms with van der Waals surface area (Å²) < 4.78 is 0. The number of para-hydroxylation sites is 1. The van der Waals surface area contributed by atoms with Crippen molar-refractivity contribution in [3.8, 4) is 0 Å². The number of anilines is 1. The number of carbonyl (C=O) groups excluding carboxylic acids is 1. The van der Waals surface area contributed by atoms with Crippen LogP contribution in [0.4, 0.5) is 5.69 Å². The van der Waals surface area contributed by atoms with Crippen LogP contribution in [0.1, 0.15) is 32.1 Å². The number of likely N-dealkylation sites (tertiary alicyclic amines) is 1. The minimum Gasteiger partial charge on any atom is -0.375 e. The van der Waals surface area contributed by atoms with E-state index < -0.39 is 0 Å². The lowest BCUT2D eigenvalue weighted by atomic mass is 9.95. The maximum atomic E-state index is 11.2. The highest BCUT2D eigenvalue weighted by Gasteiger charge is 2.23. The van der Waals surface area contributed by atoms with Crippen LogP contribution in [0.3, 0.4) is 0 Å². The highest BCUT2D eigenvalue weighted by atomic mass is 127. The number of hydrogen-bond donors (Lipinski definition) is 2. The van der Waals surface area contributed by atoms with Crippen molar-refractivity contribution in [1.29, 1.82) is 0 Å². The highest BCUT2D eigenvalue weighted by Crippen LogP contribution is 2.19. The van der Waals surface area contributed by atoms with Gasteiger partial charge in [0.1, 0.15) is 0 Å². The zero-order valence-corrected chi connectivity index (χ0v) is 18.9. The molecule has 2 rings (SSSR count). The maximum Gasteiger partial charge on any atom is 0.217 e. The Hall–Kier alpha value is -1.51. The van der Waals surface area contributed by atoms with Crippen molar-refractivity contribution in [3.05, 3.63) is 30.3 Å². The largest absolute Gasteiger partial charge is 0.375 e. The number of piperidine rings is 1. The number of rotatable bonds is 8. The van der Waals surface area contributed by atoms with Gasteiger partial charge in [0, 0.05) is 52.4 Å². The van der Waals surface area contributed by atoms with Crippen LogP contribution in [0.25, 0.3) is 0 Å². The number of nitrogens with two attached hydrogens (primary N) is 1. The quantitative estimate of drug-likeness (QED) is 0.256. The summed E-state index contributed by atoms with van der Waals surface area (Å²) >= 11 is 0. The third kappa shape index (κ3) is 8.36. The third-order valence-electron chi connectivity index (χ3n) is 4.92. The molecule has 1 fully saturated rings. The number of benzene rings is 1. The normalized spacial score (nSPS) is 17.2. The summed E-state index contributed by atoms with van der Waals surface area (Å²) in [5.41, 5.74) is 6.60. The fraction of sp³-hybridized carbons (Fsp3) is 0.600. The second-order valence-corrected chi connectivity index (χ2v) is 7.06. The van der Waals surface area contributed by atoms with Crippen LogP contribution in [0.15, 0.2) is 35.3 Å². The van der Waals surface area contributed by atoms with E-state index in [1.165, 1.54) is 5.69 Å². The molecule has 27 heavy (non-hydrogen) atoms. The molecule has 7 heteroatoms. The Balaban J connectivity index is 0.00000364. The van der Waals surface area contributed by atoms with Crippen LogP contribution in [-0.4, -0.2) is 57.0 Å². The van der Waals surface area contributed by atoms with E-state index in [-0.39, 0.29) is 29.9 Å². The first kappa shape index (κ1) is 23.5. The van der Waals surface area contributed by atoms with Gasteiger partial charge in [-0.3, -0.25) is 9.79 Å². The Morgan fingerprint density at radius 3 is 2.74 bits per heavy atom. The van der Waals surface area contributed by atoms with E-state index in [1.54, 1.807) is 0 Å². The second kappa shape index (κ2) is 12.8. The Labute approximate surface area is 180 Å². The van der Waals surface area contributed by atoms with Crippen molar-refractivity contribution in [2.24, 2.45) is 16.6 Å². The summed E-state index contributed by atoms with van der Waals surface area (Å²) in [7, 11) is 3.96. The van der Waals surface area contributed by atoms with E-state index in [9.17, 15) is 4.79 Å². The van der Waals surface area contributed by atoms with Crippen LogP contribution in [0, 0.1) is 5.92 Å². The van der Waals surface area contributed by atoms with Gasteiger partial charge < -0.3 is 20.9 Å². The number of amides is 1. The molecule has 0 bridgehead atoms. The molecule has 3 N–H and O–H groups in total. The first-order valence-electron chi connectivity index (χ1n) is 9.60. The Kier molecular flexibility index (Phi) is 11.2. The Bertz CT molecular complexity index is 581. The highest BCUT2D eigenvalue weighted by molar-refractivity contribution is 14.0. The number of aliphatic imine (C=N–C) groups is 1. The zero-order chi connectivity index (χ0) is 18.8. The van der Waals surface area contributed by atoms with Crippen LogP contribution in [0.5, 0.6) is 0 Å². The van der Waals surface area contributed by atoms with Crippen molar-refractivity contribution in [2.75, 3.05) is 45.2 Å². The molecule has 0 spiro atoms. The van der Waals surface area contributed by atoms with Gasteiger partial charge in [0.2, 0.25) is 5.91 Å². The average molecular weight is 487 g/mol. The topological polar surface area (TPSA) is 74.0 Å². The van der Waals surface area contributed by atoms with Crippen molar-refractivity contribution in [1.82, 2.24) is 10.2 Å². The molecule has 1 unspecified atom stereocenters. The van der Waals surface area contributed by atoms with Gasteiger partial charge in [0.05, 0.1) is 0 Å². The lowest BCUT2D eigenvalue weighted by Gasteiger charge is -2.34. The maximum absolute atomic E-state index is 11.2. The number of hydrogen-bond acceptors (Lipinski definition) is 3. The molecule has 152 valence electrons. The molecule has 1 atom stereocenters. The minimum absolute atomic E-state index is 0. The monoisotopic (exact) mass is 487 g/mol. The van der Waals surface area contributed by atoms with Gasteiger partial charge in [-0.15, -0.1) is 24.0 Å². The van der Waals surface area contributed by atoms with E-state index in [1.807, 2.05) is 13.1 Å². The molecule has 0 aromatic heterocycles. The number of nitrogens with one attached hydrogen (secondary N) is 1. The molecule has 1 amide bonds. The molecular formula is C20H34IN5O. The molecular weight excluding hydrogens is 453 g/mol. The van der Waals surface area contributed by atoms with E-state index in [0.717, 1.165) is 57.8 Å². The molecule has 1 aromatic rings. The molecule has 0 saturated carbocycles. The van der Waals surface area contributed by atoms with E-state index in [2.05, 4.69) is 51.4 Å². The molecule has 0 radical (unpaired) electrons. The summed E-state index contributed by atoms with van der Waals surface area (Å²) in [6.45, 7) is 3.80. The van der Waals surface area contributed by atoms with Gasteiger partial charge in [-0.05, 0) is 43.7 Å². The van der Waals surface area contributed by atoms with Gasteiger partial charge in [-0.1, -0.05) is 18.2 Å². The first-order valence-corrected chi connectivity index (χ1v) is 9.60. The first-order chi connectivity index (χ1) is 12.6. The number of carbonyl (C=O) groups is 1. The van der Waals surface area contributed by atoms with Crippen molar-refractivity contribution < 1.29 is 4.79 Å². The number of guanidine groups is 1. The molecule has 1 heterocycles. The average Bonchev–Trinajstić information content (AvgIpc) is 2.65. The van der Waals surface area contributed by atoms with Gasteiger partial charge >= 0.3 is 0 Å². The number of halogens is 1. The lowest BCUT2D eigenvalue weighted by molar-refractivity contribution is -0.119. The van der Waals surface area contributed by atoms with Gasteiger partial charge in [0.15, 0.2) is 5.96 Å². The summed E-state index contributed by atoms with van der Waals surface area (Å²) in [5, 5.41) is 3.47. The zero-order valence-electron chi connectivity index (χ0n) is 16.6. The molecule has 1 aliphatic heterocycles. The molecule has 6 nitrogen and oxygen atoms in total. The van der Waals surface area contributed by atoms with Crippen molar-refractivity contribution in [3.63, 3.8) is 0 Å². The predicted octanol–water partition coefficient (Wildman–Crippen LogP) is 2.68. The fourth-order valence-electron chi connectivity index (χ4n) is 3.53.